The molecule has 0 bridgehead atoms. The van der Waals surface area contributed by atoms with E-state index in [1.807, 2.05) is 0 Å². The predicted molar refractivity (Wildman–Crippen MR) is 69.4 cm³/mol. The van der Waals surface area contributed by atoms with E-state index < -0.39 is 17.3 Å². The van der Waals surface area contributed by atoms with Crippen LogP contribution in [0, 0.1) is 6.92 Å². The maximum Gasteiger partial charge on any atom is 0.416 e. The summed E-state index contributed by atoms with van der Waals surface area (Å²) >= 11 is 8.58. The fraction of sp³-hybridized carbons (Fsp3) is 0.273. The van der Waals surface area contributed by atoms with Gasteiger partial charge >= 0.3 is 6.18 Å². The van der Waals surface area contributed by atoms with Crippen LogP contribution in [0.1, 0.15) is 17.0 Å². The molecule has 0 amide bonds. The van der Waals surface area contributed by atoms with E-state index >= 15 is 0 Å². The summed E-state index contributed by atoms with van der Waals surface area (Å²) in [5.74, 6) is -0.116. The van der Waals surface area contributed by atoms with E-state index in [0.717, 1.165) is 6.07 Å². The first kappa shape index (κ1) is 14.3. The van der Waals surface area contributed by atoms with E-state index in [2.05, 4.69) is 25.9 Å². The minimum absolute atomic E-state index is 0.0192. The molecule has 0 radical (unpaired) electrons. The fourth-order valence-electron chi connectivity index (χ4n) is 1.80. The minimum atomic E-state index is -4.56. The van der Waals surface area contributed by atoms with Crippen LogP contribution in [0.15, 0.2) is 15.3 Å². The number of alkyl halides is 4. The number of nitrogens with zero attached hydrogens (tertiary/aromatic N) is 1. The Hall–Kier alpha value is -1.08. The van der Waals surface area contributed by atoms with Crippen molar-refractivity contribution in [3.05, 3.63) is 37.8 Å². The number of hydrogen-bond acceptors (Lipinski definition) is 2. The summed E-state index contributed by atoms with van der Waals surface area (Å²) in [5.41, 5.74) is -1.58. The van der Waals surface area contributed by atoms with Crippen LogP contribution < -0.4 is 5.56 Å². The molecule has 102 valence electrons. The highest BCUT2D eigenvalue weighted by molar-refractivity contribution is 9.10. The lowest BCUT2D eigenvalue weighted by Gasteiger charge is -2.14. The SMILES string of the molecule is Cc1nc2cc(C(F)(F)F)c(CCl)c(Br)c2c(=O)[nH]1. The standard InChI is InChI=1S/C11H7BrClF3N2O/c1-4-17-7-2-6(11(14,15)16)5(3-13)9(12)8(7)10(19)18-4/h2H,3H2,1H3,(H,17,18,19). The Morgan fingerprint density at radius 2 is 2.11 bits per heavy atom. The van der Waals surface area contributed by atoms with E-state index in [-0.39, 0.29) is 32.6 Å². The Kier molecular flexibility index (Phi) is 3.61. The number of nitrogens with one attached hydrogen (secondary N) is 1. The molecule has 1 heterocycles. The summed E-state index contributed by atoms with van der Waals surface area (Å²) in [7, 11) is 0. The molecule has 2 rings (SSSR count). The summed E-state index contributed by atoms with van der Waals surface area (Å²) in [5, 5.41) is 0.0641. The monoisotopic (exact) mass is 354 g/mol. The molecule has 0 saturated heterocycles. The van der Waals surface area contributed by atoms with Crippen LogP contribution in [0.5, 0.6) is 0 Å². The highest BCUT2D eigenvalue weighted by atomic mass is 79.9. The number of aryl methyl sites for hydroxylation is 1. The lowest BCUT2D eigenvalue weighted by molar-refractivity contribution is -0.138. The van der Waals surface area contributed by atoms with Crippen molar-refractivity contribution in [2.45, 2.75) is 19.0 Å². The van der Waals surface area contributed by atoms with Gasteiger partial charge in [-0.15, -0.1) is 11.6 Å². The summed E-state index contributed by atoms with van der Waals surface area (Å²) in [6.07, 6.45) is -4.56. The summed E-state index contributed by atoms with van der Waals surface area (Å²) in [4.78, 5) is 18.2. The second-order valence-corrected chi connectivity index (χ2v) is 4.95. The third-order valence-electron chi connectivity index (χ3n) is 2.60. The predicted octanol–water partition coefficient (Wildman–Crippen LogP) is 3.75. The Morgan fingerprint density at radius 3 is 2.63 bits per heavy atom. The molecule has 1 aromatic heterocycles. The number of aromatic nitrogens is 2. The maximum absolute atomic E-state index is 13.0. The van der Waals surface area contributed by atoms with Gasteiger partial charge in [-0.25, -0.2) is 4.98 Å². The number of halogens is 5. The smallest absolute Gasteiger partial charge is 0.310 e. The summed E-state index contributed by atoms with van der Waals surface area (Å²) in [6.45, 7) is 1.50. The Balaban J connectivity index is 2.98. The fourth-order valence-corrected chi connectivity index (χ4v) is 2.98. The van der Waals surface area contributed by atoms with Gasteiger partial charge in [0.15, 0.2) is 0 Å². The molecule has 0 unspecified atom stereocenters. The van der Waals surface area contributed by atoms with Gasteiger partial charge in [0.05, 0.1) is 16.5 Å². The van der Waals surface area contributed by atoms with Crippen molar-refractivity contribution in [2.24, 2.45) is 0 Å². The average molecular weight is 356 g/mol. The van der Waals surface area contributed by atoms with E-state index in [1.165, 1.54) is 6.92 Å². The zero-order valence-corrected chi connectivity index (χ0v) is 11.9. The summed E-state index contributed by atoms with van der Waals surface area (Å²) in [6, 6.07) is 0.847. The van der Waals surface area contributed by atoms with Gasteiger partial charge in [0.25, 0.3) is 5.56 Å². The number of rotatable bonds is 1. The number of aromatic amines is 1. The van der Waals surface area contributed by atoms with Crippen molar-refractivity contribution >= 4 is 38.4 Å². The Morgan fingerprint density at radius 1 is 1.47 bits per heavy atom. The molecule has 0 saturated carbocycles. The van der Waals surface area contributed by atoms with Gasteiger partial charge in [-0.2, -0.15) is 13.2 Å². The van der Waals surface area contributed by atoms with Crippen LogP contribution >= 0.6 is 27.5 Å². The first-order valence-corrected chi connectivity index (χ1v) is 6.43. The molecule has 1 aromatic carbocycles. The molecule has 19 heavy (non-hydrogen) atoms. The van der Waals surface area contributed by atoms with E-state index in [4.69, 9.17) is 11.6 Å². The molecule has 0 aliphatic rings. The number of fused-ring (bicyclic) bond motifs is 1. The molecule has 0 aliphatic heterocycles. The Bertz CT molecular complexity index is 712. The molecule has 3 nitrogen and oxygen atoms in total. The van der Waals surface area contributed by atoms with E-state index in [1.54, 1.807) is 0 Å². The van der Waals surface area contributed by atoms with Crippen LogP contribution in [0.2, 0.25) is 0 Å². The number of hydrogen-bond donors (Lipinski definition) is 1. The number of H-pyrrole nitrogens is 1. The third kappa shape index (κ3) is 2.49. The zero-order valence-electron chi connectivity index (χ0n) is 9.53. The van der Waals surface area contributed by atoms with Crippen molar-refractivity contribution < 1.29 is 13.2 Å². The van der Waals surface area contributed by atoms with Crippen LogP contribution in [0.25, 0.3) is 10.9 Å². The molecule has 2 aromatic rings. The number of benzene rings is 1. The Labute approximate surface area is 118 Å². The van der Waals surface area contributed by atoms with Crippen molar-refractivity contribution in [1.29, 1.82) is 0 Å². The normalized spacial score (nSPS) is 12.1. The van der Waals surface area contributed by atoms with Gasteiger partial charge in [-0.3, -0.25) is 4.79 Å². The molecule has 0 aliphatic carbocycles. The lowest BCUT2D eigenvalue weighted by Crippen LogP contribution is -2.15. The molecule has 1 N–H and O–H groups in total. The summed E-state index contributed by atoms with van der Waals surface area (Å²) < 4.78 is 38.9. The third-order valence-corrected chi connectivity index (χ3v) is 3.74. The van der Waals surface area contributed by atoms with Gasteiger partial charge in [0.1, 0.15) is 5.82 Å². The van der Waals surface area contributed by atoms with Crippen molar-refractivity contribution in [3.63, 3.8) is 0 Å². The van der Waals surface area contributed by atoms with Gasteiger partial charge in [0.2, 0.25) is 0 Å². The second kappa shape index (κ2) is 4.79. The van der Waals surface area contributed by atoms with Crippen LogP contribution in [-0.4, -0.2) is 9.97 Å². The highest BCUT2D eigenvalue weighted by Crippen LogP contribution is 2.38. The minimum Gasteiger partial charge on any atom is -0.310 e. The van der Waals surface area contributed by atoms with Gasteiger partial charge in [0, 0.05) is 10.4 Å². The van der Waals surface area contributed by atoms with Crippen LogP contribution in [0.3, 0.4) is 0 Å². The van der Waals surface area contributed by atoms with Crippen molar-refractivity contribution in [1.82, 2.24) is 9.97 Å². The largest absolute Gasteiger partial charge is 0.416 e. The van der Waals surface area contributed by atoms with Gasteiger partial charge < -0.3 is 4.98 Å². The molecular weight excluding hydrogens is 348 g/mol. The second-order valence-electron chi connectivity index (χ2n) is 3.89. The van der Waals surface area contributed by atoms with E-state index in [0.29, 0.717) is 0 Å². The first-order chi connectivity index (χ1) is 8.75. The quantitative estimate of drug-likeness (QED) is 0.792. The highest BCUT2D eigenvalue weighted by Gasteiger charge is 2.35. The van der Waals surface area contributed by atoms with Crippen molar-refractivity contribution in [3.8, 4) is 0 Å². The van der Waals surface area contributed by atoms with Crippen LogP contribution in [-0.2, 0) is 12.1 Å². The topological polar surface area (TPSA) is 45.8 Å². The van der Waals surface area contributed by atoms with Gasteiger partial charge in [-0.05, 0) is 34.5 Å². The lowest BCUT2D eigenvalue weighted by atomic mass is 10.1. The molecule has 0 atom stereocenters. The maximum atomic E-state index is 13.0. The van der Waals surface area contributed by atoms with E-state index in [9.17, 15) is 18.0 Å². The van der Waals surface area contributed by atoms with Crippen LogP contribution in [0.4, 0.5) is 13.2 Å². The molecule has 8 heteroatoms. The molecule has 0 fully saturated rings. The first-order valence-electron chi connectivity index (χ1n) is 5.11. The van der Waals surface area contributed by atoms with Gasteiger partial charge in [-0.1, -0.05) is 0 Å². The molecular formula is C11H7BrClF3N2O. The zero-order chi connectivity index (χ0) is 14.4. The van der Waals surface area contributed by atoms with Crippen molar-refractivity contribution in [2.75, 3.05) is 0 Å². The molecule has 0 spiro atoms. The average Bonchev–Trinajstić information content (AvgIpc) is 2.26.